The van der Waals surface area contributed by atoms with Crippen molar-refractivity contribution in [2.75, 3.05) is 12.3 Å². The molecular weight excluding hydrogens is 268 g/mol. The van der Waals surface area contributed by atoms with Crippen LogP contribution in [0.15, 0.2) is 4.34 Å². The number of rotatable bonds is 8. The molecule has 7 heteroatoms. The van der Waals surface area contributed by atoms with Gasteiger partial charge in [0.05, 0.1) is 5.54 Å². The van der Waals surface area contributed by atoms with Gasteiger partial charge in [-0.3, -0.25) is 4.79 Å². The summed E-state index contributed by atoms with van der Waals surface area (Å²) in [5.41, 5.74) is 4.82. The van der Waals surface area contributed by atoms with Gasteiger partial charge in [-0.05, 0) is 33.2 Å². The van der Waals surface area contributed by atoms with Crippen molar-refractivity contribution >= 4 is 29.0 Å². The molecule has 0 radical (unpaired) electrons. The fraction of sp³-hybridized carbons (Fsp3) is 0.727. The van der Waals surface area contributed by atoms with E-state index >= 15 is 0 Å². The average molecular weight is 288 g/mol. The molecule has 0 spiro atoms. The highest BCUT2D eigenvalue weighted by molar-refractivity contribution is 8.01. The number of likely N-dealkylation sites (N-methyl/N-ethyl adjacent to an activating group) is 1. The van der Waals surface area contributed by atoms with Gasteiger partial charge < -0.3 is 11.1 Å². The summed E-state index contributed by atoms with van der Waals surface area (Å²) in [5.74, 6) is 0.629. The van der Waals surface area contributed by atoms with Gasteiger partial charge in [-0.2, -0.15) is 0 Å². The predicted octanol–water partition coefficient (Wildman–Crippen LogP) is 1.57. The van der Waals surface area contributed by atoms with Crippen molar-refractivity contribution in [3.8, 4) is 0 Å². The lowest BCUT2D eigenvalue weighted by Gasteiger charge is -2.26. The average Bonchev–Trinajstić information content (AvgIpc) is 2.71. The van der Waals surface area contributed by atoms with Crippen LogP contribution in [0, 0.1) is 6.92 Å². The molecule has 3 N–H and O–H groups in total. The SMILES string of the molecule is CCNC(C)(CCCSc1nnc(C)s1)C(N)=O. The van der Waals surface area contributed by atoms with E-state index in [1.165, 1.54) is 0 Å². The Kier molecular flexibility index (Phi) is 6.04. The number of primary amides is 1. The number of nitrogens with two attached hydrogens (primary N) is 1. The Hall–Kier alpha value is -0.660. The third-order valence-electron chi connectivity index (χ3n) is 2.66. The maximum absolute atomic E-state index is 11.4. The Morgan fingerprint density at radius 3 is 2.78 bits per heavy atom. The number of carbonyl (C=O) groups is 1. The Morgan fingerprint density at radius 1 is 1.56 bits per heavy atom. The van der Waals surface area contributed by atoms with Crippen molar-refractivity contribution in [2.24, 2.45) is 5.73 Å². The topological polar surface area (TPSA) is 80.9 Å². The van der Waals surface area contributed by atoms with Crippen LogP contribution in [0.3, 0.4) is 0 Å². The molecule has 0 fully saturated rings. The Morgan fingerprint density at radius 2 is 2.28 bits per heavy atom. The first-order valence-corrected chi connectivity index (χ1v) is 7.76. The van der Waals surface area contributed by atoms with Crippen molar-refractivity contribution in [3.63, 3.8) is 0 Å². The number of aryl methyl sites for hydroxylation is 1. The zero-order valence-electron chi connectivity index (χ0n) is 11.0. The number of hydrogen-bond acceptors (Lipinski definition) is 6. The molecule has 0 saturated heterocycles. The molecule has 102 valence electrons. The second-order valence-corrected chi connectivity index (χ2v) is 6.79. The van der Waals surface area contributed by atoms with Gasteiger partial charge in [0.25, 0.3) is 0 Å². The molecule has 5 nitrogen and oxygen atoms in total. The molecule has 0 saturated carbocycles. The molecule has 18 heavy (non-hydrogen) atoms. The highest BCUT2D eigenvalue weighted by Crippen LogP contribution is 2.24. The van der Waals surface area contributed by atoms with E-state index in [4.69, 9.17) is 5.73 Å². The van der Waals surface area contributed by atoms with Crippen LogP contribution < -0.4 is 11.1 Å². The van der Waals surface area contributed by atoms with Gasteiger partial charge in [0.15, 0.2) is 4.34 Å². The summed E-state index contributed by atoms with van der Waals surface area (Å²) in [6.45, 7) is 6.51. The minimum Gasteiger partial charge on any atom is -0.368 e. The first kappa shape index (κ1) is 15.4. The second-order valence-electron chi connectivity index (χ2n) is 4.27. The molecule has 1 amide bonds. The van der Waals surface area contributed by atoms with Gasteiger partial charge in [0, 0.05) is 5.75 Å². The summed E-state index contributed by atoms with van der Waals surface area (Å²) in [6, 6.07) is 0. The molecule has 0 aromatic carbocycles. The normalized spacial score (nSPS) is 14.4. The number of nitrogens with zero attached hydrogens (tertiary/aromatic N) is 2. The van der Waals surface area contributed by atoms with Gasteiger partial charge in [0.2, 0.25) is 5.91 Å². The van der Waals surface area contributed by atoms with Crippen LogP contribution in [0.25, 0.3) is 0 Å². The van der Waals surface area contributed by atoms with Crippen molar-refractivity contribution in [3.05, 3.63) is 5.01 Å². The van der Waals surface area contributed by atoms with E-state index in [-0.39, 0.29) is 5.91 Å². The molecule has 0 aliphatic rings. The first-order valence-electron chi connectivity index (χ1n) is 5.96. The molecule has 0 aliphatic carbocycles. The molecule has 1 heterocycles. The van der Waals surface area contributed by atoms with Gasteiger partial charge in [-0.1, -0.05) is 30.0 Å². The Labute approximate surface area is 116 Å². The summed E-state index contributed by atoms with van der Waals surface area (Å²) in [4.78, 5) is 11.4. The van der Waals surface area contributed by atoms with Crippen molar-refractivity contribution in [2.45, 2.75) is 43.5 Å². The van der Waals surface area contributed by atoms with E-state index in [0.29, 0.717) is 0 Å². The minimum atomic E-state index is -0.605. The quantitative estimate of drug-likeness (QED) is 0.560. The lowest BCUT2D eigenvalue weighted by molar-refractivity contribution is -0.124. The van der Waals surface area contributed by atoms with Crippen LogP contribution in [0.2, 0.25) is 0 Å². The van der Waals surface area contributed by atoms with Gasteiger partial charge >= 0.3 is 0 Å². The molecule has 0 aliphatic heterocycles. The molecule has 1 aromatic heterocycles. The van der Waals surface area contributed by atoms with E-state index in [1.807, 2.05) is 20.8 Å². The number of nitrogens with one attached hydrogen (secondary N) is 1. The maximum atomic E-state index is 11.4. The Bertz CT molecular complexity index is 396. The van der Waals surface area contributed by atoms with Crippen LogP contribution in [-0.2, 0) is 4.79 Å². The van der Waals surface area contributed by atoms with Gasteiger partial charge in [-0.15, -0.1) is 10.2 Å². The molecule has 1 rings (SSSR count). The lowest BCUT2D eigenvalue weighted by Crippen LogP contribution is -2.53. The monoisotopic (exact) mass is 288 g/mol. The standard InChI is InChI=1S/C11H20N4OS2/c1-4-13-11(3,9(12)16)6-5-7-17-10-15-14-8(2)18-10/h13H,4-7H2,1-3H3,(H2,12,16). The number of aromatic nitrogens is 2. The Balaban J connectivity index is 2.33. The summed E-state index contributed by atoms with van der Waals surface area (Å²) < 4.78 is 0.983. The number of amides is 1. The predicted molar refractivity (Wildman–Crippen MR) is 75.9 cm³/mol. The number of thioether (sulfide) groups is 1. The number of hydrogen-bond donors (Lipinski definition) is 2. The third-order valence-corrected chi connectivity index (χ3v) is 4.72. The summed E-state index contributed by atoms with van der Waals surface area (Å²) in [5, 5.41) is 12.1. The van der Waals surface area contributed by atoms with E-state index in [1.54, 1.807) is 23.1 Å². The largest absolute Gasteiger partial charge is 0.368 e. The van der Waals surface area contributed by atoms with E-state index < -0.39 is 5.54 Å². The van der Waals surface area contributed by atoms with Crippen molar-refractivity contribution in [1.82, 2.24) is 15.5 Å². The third kappa shape index (κ3) is 4.55. The lowest BCUT2D eigenvalue weighted by atomic mass is 9.95. The molecule has 0 bridgehead atoms. The van der Waals surface area contributed by atoms with E-state index in [0.717, 1.165) is 34.5 Å². The van der Waals surface area contributed by atoms with E-state index in [2.05, 4.69) is 15.5 Å². The summed E-state index contributed by atoms with van der Waals surface area (Å²) in [6.07, 6.45) is 1.65. The smallest absolute Gasteiger partial charge is 0.237 e. The number of carbonyl (C=O) groups excluding carboxylic acids is 1. The van der Waals surface area contributed by atoms with E-state index in [9.17, 15) is 4.79 Å². The highest BCUT2D eigenvalue weighted by atomic mass is 32.2. The fourth-order valence-electron chi connectivity index (χ4n) is 1.61. The zero-order chi connectivity index (χ0) is 13.6. The second kappa shape index (κ2) is 7.06. The fourth-order valence-corrected chi connectivity index (χ4v) is 3.44. The summed E-state index contributed by atoms with van der Waals surface area (Å²) in [7, 11) is 0. The highest BCUT2D eigenvalue weighted by Gasteiger charge is 2.28. The van der Waals surface area contributed by atoms with Crippen LogP contribution in [-0.4, -0.2) is 33.9 Å². The van der Waals surface area contributed by atoms with Gasteiger partial charge in [0.1, 0.15) is 5.01 Å². The molecule has 1 aromatic rings. The van der Waals surface area contributed by atoms with Crippen LogP contribution >= 0.6 is 23.1 Å². The van der Waals surface area contributed by atoms with Crippen LogP contribution in [0.4, 0.5) is 0 Å². The van der Waals surface area contributed by atoms with Crippen molar-refractivity contribution in [1.29, 1.82) is 0 Å². The van der Waals surface area contributed by atoms with Crippen LogP contribution in [0.1, 0.15) is 31.7 Å². The van der Waals surface area contributed by atoms with Gasteiger partial charge in [-0.25, -0.2) is 0 Å². The first-order chi connectivity index (χ1) is 8.48. The summed E-state index contributed by atoms with van der Waals surface area (Å²) >= 11 is 3.27. The minimum absolute atomic E-state index is 0.291. The molecular formula is C11H20N4OS2. The molecule has 1 unspecified atom stereocenters. The van der Waals surface area contributed by atoms with Crippen LogP contribution in [0.5, 0.6) is 0 Å². The van der Waals surface area contributed by atoms with Crippen molar-refractivity contribution < 1.29 is 4.79 Å². The zero-order valence-corrected chi connectivity index (χ0v) is 12.7. The maximum Gasteiger partial charge on any atom is 0.237 e. The molecule has 1 atom stereocenters.